The van der Waals surface area contributed by atoms with Gasteiger partial charge in [0, 0.05) is 12.1 Å². The maximum Gasteiger partial charge on any atom is 0.273 e. The van der Waals surface area contributed by atoms with Gasteiger partial charge in [-0.05, 0) is 25.1 Å². The van der Waals surface area contributed by atoms with Gasteiger partial charge in [-0.2, -0.15) is 0 Å². The zero-order valence-electron chi connectivity index (χ0n) is 15.3. The highest BCUT2D eigenvalue weighted by Gasteiger charge is 2.21. The fraction of sp³-hybridized carbons (Fsp3) is 0.278. The number of benzene rings is 2. The average Bonchev–Trinajstić information content (AvgIpc) is 2.67. The predicted octanol–water partition coefficient (Wildman–Crippen LogP) is 3.03. The molecule has 1 amide bonds. The minimum atomic E-state index is -0.961. The lowest BCUT2D eigenvalue weighted by Gasteiger charge is -2.18. The number of nitro groups is 1. The molecule has 0 aliphatic carbocycles. The standard InChI is InChI=1S/C18H20N2O7/c1-11(27-17-9-12(20(22)23)5-7-16(17)26-4)18(21)19-14-10-13(24-2)6-8-15(14)25-3/h5-11H,1-4H3,(H,19,21). The Balaban J connectivity index is 2.19. The lowest BCUT2D eigenvalue weighted by Crippen LogP contribution is -2.30. The van der Waals surface area contributed by atoms with Crippen LogP contribution in [0, 0.1) is 10.1 Å². The van der Waals surface area contributed by atoms with Crippen LogP contribution in [0.15, 0.2) is 36.4 Å². The van der Waals surface area contributed by atoms with Crippen molar-refractivity contribution in [1.82, 2.24) is 0 Å². The monoisotopic (exact) mass is 376 g/mol. The maximum atomic E-state index is 12.5. The Kier molecular flexibility index (Phi) is 6.42. The molecule has 0 aliphatic rings. The minimum absolute atomic E-state index is 0.0898. The van der Waals surface area contributed by atoms with Gasteiger partial charge in [-0.15, -0.1) is 0 Å². The van der Waals surface area contributed by atoms with Crippen molar-refractivity contribution in [3.8, 4) is 23.0 Å². The summed E-state index contributed by atoms with van der Waals surface area (Å²) in [6.07, 6.45) is -0.961. The van der Waals surface area contributed by atoms with Gasteiger partial charge in [-0.1, -0.05) is 0 Å². The summed E-state index contributed by atoms with van der Waals surface area (Å²) in [4.78, 5) is 22.9. The quantitative estimate of drug-likeness (QED) is 0.557. The highest BCUT2D eigenvalue weighted by molar-refractivity contribution is 5.95. The van der Waals surface area contributed by atoms with Crippen LogP contribution in [0.2, 0.25) is 0 Å². The van der Waals surface area contributed by atoms with Crippen LogP contribution >= 0.6 is 0 Å². The van der Waals surface area contributed by atoms with Crippen molar-refractivity contribution >= 4 is 17.3 Å². The van der Waals surface area contributed by atoms with Gasteiger partial charge in [-0.3, -0.25) is 14.9 Å². The first-order chi connectivity index (χ1) is 12.9. The third-order valence-corrected chi connectivity index (χ3v) is 3.70. The van der Waals surface area contributed by atoms with Gasteiger partial charge in [0.05, 0.1) is 38.0 Å². The number of hydrogen-bond acceptors (Lipinski definition) is 7. The number of nitrogens with one attached hydrogen (secondary N) is 1. The number of nitro benzene ring substituents is 1. The number of non-ortho nitro benzene ring substituents is 1. The number of anilines is 1. The number of carbonyl (C=O) groups is 1. The number of ether oxygens (including phenoxy) is 4. The number of hydrogen-bond donors (Lipinski definition) is 1. The van der Waals surface area contributed by atoms with Crippen molar-refractivity contribution in [3.05, 3.63) is 46.5 Å². The summed E-state index contributed by atoms with van der Waals surface area (Å²) < 4.78 is 21.1. The summed E-state index contributed by atoms with van der Waals surface area (Å²) in [6, 6.07) is 8.86. The molecule has 0 spiro atoms. The minimum Gasteiger partial charge on any atom is -0.497 e. The second kappa shape index (κ2) is 8.75. The first kappa shape index (κ1) is 19.8. The SMILES string of the molecule is COc1ccc(OC)c(NC(=O)C(C)Oc2cc([N+](=O)[O-])ccc2OC)c1. The maximum absolute atomic E-state index is 12.5. The fourth-order valence-electron chi connectivity index (χ4n) is 2.26. The Bertz CT molecular complexity index is 838. The first-order valence-corrected chi connectivity index (χ1v) is 7.91. The molecular weight excluding hydrogens is 356 g/mol. The average molecular weight is 376 g/mol. The number of methoxy groups -OCH3 is 3. The number of nitrogens with zero attached hydrogens (tertiary/aromatic N) is 1. The second-order valence-corrected chi connectivity index (χ2v) is 5.41. The Hall–Kier alpha value is -3.49. The summed E-state index contributed by atoms with van der Waals surface area (Å²) in [7, 11) is 4.39. The molecule has 0 heterocycles. The van der Waals surface area contributed by atoms with E-state index in [1.54, 1.807) is 18.2 Å². The van der Waals surface area contributed by atoms with Crippen molar-refractivity contribution in [2.75, 3.05) is 26.6 Å². The van der Waals surface area contributed by atoms with Gasteiger partial charge in [0.25, 0.3) is 11.6 Å². The van der Waals surface area contributed by atoms with Crippen LogP contribution in [0.3, 0.4) is 0 Å². The molecular formula is C18H20N2O7. The smallest absolute Gasteiger partial charge is 0.273 e. The third-order valence-electron chi connectivity index (χ3n) is 3.70. The highest BCUT2D eigenvalue weighted by atomic mass is 16.6. The molecule has 0 aromatic heterocycles. The summed E-state index contributed by atoms with van der Waals surface area (Å²) in [5.41, 5.74) is 0.233. The van der Waals surface area contributed by atoms with Gasteiger partial charge in [0.2, 0.25) is 0 Å². The van der Waals surface area contributed by atoms with Crippen molar-refractivity contribution in [2.24, 2.45) is 0 Å². The van der Waals surface area contributed by atoms with Gasteiger partial charge >= 0.3 is 0 Å². The van der Waals surface area contributed by atoms with Crippen LogP contribution in [0.1, 0.15) is 6.92 Å². The molecule has 2 aromatic carbocycles. The molecule has 1 N–H and O–H groups in total. The van der Waals surface area contributed by atoms with Crippen molar-refractivity contribution < 1.29 is 28.7 Å². The van der Waals surface area contributed by atoms with E-state index in [4.69, 9.17) is 18.9 Å². The van der Waals surface area contributed by atoms with E-state index in [9.17, 15) is 14.9 Å². The first-order valence-electron chi connectivity index (χ1n) is 7.91. The van der Waals surface area contributed by atoms with Crippen molar-refractivity contribution in [1.29, 1.82) is 0 Å². The Morgan fingerprint density at radius 3 is 2.26 bits per heavy atom. The van der Waals surface area contributed by atoms with Crippen LogP contribution in [-0.4, -0.2) is 38.3 Å². The number of amides is 1. The largest absolute Gasteiger partial charge is 0.497 e. The molecule has 0 saturated carbocycles. The molecule has 0 aliphatic heterocycles. The predicted molar refractivity (Wildman–Crippen MR) is 97.9 cm³/mol. The molecule has 2 aromatic rings. The van der Waals surface area contributed by atoms with E-state index >= 15 is 0 Å². The highest BCUT2D eigenvalue weighted by Crippen LogP contribution is 2.33. The molecule has 144 valence electrons. The molecule has 27 heavy (non-hydrogen) atoms. The molecule has 9 nitrogen and oxygen atoms in total. The van der Waals surface area contributed by atoms with Gasteiger partial charge in [0.1, 0.15) is 11.5 Å². The van der Waals surface area contributed by atoms with Crippen LogP contribution in [0.25, 0.3) is 0 Å². The van der Waals surface area contributed by atoms with Crippen LogP contribution < -0.4 is 24.3 Å². The van der Waals surface area contributed by atoms with Crippen LogP contribution in [0.4, 0.5) is 11.4 Å². The Morgan fingerprint density at radius 2 is 1.67 bits per heavy atom. The van der Waals surface area contributed by atoms with E-state index in [-0.39, 0.29) is 17.2 Å². The van der Waals surface area contributed by atoms with E-state index in [2.05, 4.69) is 5.32 Å². The van der Waals surface area contributed by atoms with Gasteiger partial charge in [0.15, 0.2) is 17.6 Å². The van der Waals surface area contributed by atoms with E-state index in [0.29, 0.717) is 17.2 Å². The topological polar surface area (TPSA) is 109 Å². The van der Waals surface area contributed by atoms with Crippen LogP contribution in [-0.2, 0) is 4.79 Å². The lowest BCUT2D eigenvalue weighted by molar-refractivity contribution is -0.385. The number of carbonyl (C=O) groups excluding carboxylic acids is 1. The summed E-state index contributed by atoms with van der Waals surface area (Å²) in [6.45, 7) is 1.51. The van der Waals surface area contributed by atoms with E-state index in [0.717, 1.165) is 0 Å². The Labute approximate surface area is 155 Å². The molecule has 2 rings (SSSR count). The second-order valence-electron chi connectivity index (χ2n) is 5.41. The van der Waals surface area contributed by atoms with Gasteiger partial charge in [-0.25, -0.2) is 0 Å². The van der Waals surface area contributed by atoms with Gasteiger partial charge < -0.3 is 24.3 Å². The van der Waals surface area contributed by atoms with E-state index < -0.39 is 16.9 Å². The molecule has 0 saturated heterocycles. The zero-order chi connectivity index (χ0) is 20.0. The number of rotatable bonds is 8. The van der Waals surface area contributed by atoms with Crippen LogP contribution in [0.5, 0.6) is 23.0 Å². The summed E-state index contributed by atoms with van der Waals surface area (Å²) in [5.74, 6) is 0.880. The van der Waals surface area contributed by atoms with E-state index in [1.807, 2.05) is 0 Å². The molecule has 0 bridgehead atoms. The van der Waals surface area contributed by atoms with Crippen molar-refractivity contribution in [2.45, 2.75) is 13.0 Å². The fourth-order valence-corrected chi connectivity index (χ4v) is 2.26. The van der Waals surface area contributed by atoms with Crippen molar-refractivity contribution in [3.63, 3.8) is 0 Å². The summed E-state index contributed by atoms with van der Waals surface area (Å²) >= 11 is 0. The zero-order valence-corrected chi connectivity index (χ0v) is 15.3. The molecule has 1 unspecified atom stereocenters. The lowest BCUT2D eigenvalue weighted by atomic mass is 10.2. The molecule has 0 fully saturated rings. The normalized spacial score (nSPS) is 11.3. The molecule has 0 radical (unpaired) electrons. The molecule has 1 atom stereocenters. The molecule has 9 heteroatoms. The van der Waals surface area contributed by atoms with E-state index in [1.165, 1.54) is 46.5 Å². The third kappa shape index (κ3) is 4.78. The summed E-state index contributed by atoms with van der Waals surface area (Å²) in [5, 5.41) is 13.6. The Morgan fingerprint density at radius 1 is 1.00 bits per heavy atom.